The van der Waals surface area contributed by atoms with E-state index in [9.17, 15) is 30.0 Å². The third-order valence-electron chi connectivity index (χ3n) is 4.79. The highest BCUT2D eigenvalue weighted by molar-refractivity contribution is 7.89. The van der Waals surface area contributed by atoms with Crippen LogP contribution >= 0.6 is 0 Å². The Morgan fingerprint density at radius 3 is 1.53 bits per heavy atom. The van der Waals surface area contributed by atoms with Gasteiger partial charge in [0.1, 0.15) is 0 Å². The van der Waals surface area contributed by atoms with Crippen LogP contribution in [0.1, 0.15) is 33.4 Å². The summed E-state index contributed by atoms with van der Waals surface area (Å²) < 4.78 is 98.0. The molecule has 1 atom stereocenters. The van der Waals surface area contributed by atoms with Gasteiger partial charge in [0.15, 0.2) is 6.10 Å². The summed E-state index contributed by atoms with van der Waals surface area (Å²) in [5, 5.41) is 0. The third-order valence-corrected chi connectivity index (χ3v) is 8.15. The average Bonchev–Trinajstić information content (AvgIpc) is 2.54. The number of sulfonamides is 1. The highest BCUT2D eigenvalue weighted by atomic mass is 32.2. The second-order valence-corrected chi connectivity index (χ2v) is 11.1. The molecule has 2 aromatic rings. The molecule has 0 radical (unpaired) electrons. The number of benzene rings is 2. The molecule has 1 unspecified atom stereocenters. The second kappa shape index (κ2) is 9.12. The zero-order valence-electron chi connectivity index (χ0n) is 18.6. The van der Waals surface area contributed by atoms with Gasteiger partial charge in [-0.1, -0.05) is 35.4 Å². The normalized spacial score (nSPS) is 13.9. The standard InChI is InChI=1S/C21H26F3NO5S2/c1-12-7-14(3)19(15(4)8-12)31(26,27)25-11-18(21(22,23)24)30-32(28,29)20-16(5)9-13(2)10-17(20)6/h7-10,18,25H,11H2,1-6H3. The van der Waals surface area contributed by atoms with E-state index in [1.54, 1.807) is 26.0 Å². The number of hydrogen-bond donors (Lipinski definition) is 1. The van der Waals surface area contributed by atoms with Gasteiger partial charge in [0.25, 0.3) is 10.1 Å². The van der Waals surface area contributed by atoms with E-state index in [1.165, 1.54) is 39.8 Å². The molecule has 0 aromatic heterocycles. The quantitative estimate of drug-likeness (QED) is 0.586. The fraction of sp³-hybridized carbons (Fsp3) is 0.429. The molecule has 2 aromatic carbocycles. The van der Waals surface area contributed by atoms with E-state index in [2.05, 4.69) is 4.18 Å². The van der Waals surface area contributed by atoms with E-state index >= 15 is 0 Å². The molecule has 0 saturated carbocycles. The van der Waals surface area contributed by atoms with Crippen molar-refractivity contribution in [1.29, 1.82) is 0 Å². The molecule has 11 heteroatoms. The van der Waals surface area contributed by atoms with Gasteiger partial charge >= 0.3 is 6.18 Å². The molecule has 0 aliphatic rings. The van der Waals surface area contributed by atoms with Crippen molar-refractivity contribution in [3.05, 3.63) is 57.6 Å². The van der Waals surface area contributed by atoms with Crippen LogP contribution < -0.4 is 4.72 Å². The number of nitrogens with one attached hydrogen (secondary N) is 1. The first-order valence-electron chi connectivity index (χ1n) is 9.61. The zero-order chi connectivity index (χ0) is 24.6. The van der Waals surface area contributed by atoms with Crippen LogP contribution in [0, 0.1) is 41.5 Å². The van der Waals surface area contributed by atoms with Gasteiger partial charge in [0.2, 0.25) is 10.0 Å². The van der Waals surface area contributed by atoms with Gasteiger partial charge in [0.05, 0.1) is 9.79 Å². The lowest BCUT2D eigenvalue weighted by molar-refractivity contribution is -0.191. The maximum atomic E-state index is 13.6. The molecular formula is C21H26F3NO5S2. The lowest BCUT2D eigenvalue weighted by Gasteiger charge is -2.22. The second-order valence-electron chi connectivity index (χ2n) is 7.89. The van der Waals surface area contributed by atoms with Crippen LogP contribution in [0.25, 0.3) is 0 Å². The van der Waals surface area contributed by atoms with Crippen molar-refractivity contribution < 1.29 is 34.2 Å². The summed E-state index contributed by atoms with van der Waals surface area (Å²) in [4.78, 5) is -0.525. The van der Waals surface area contributed by atoms with Crippen LogP contribution in [0.5, 0.6) is 0 Å². The van der Waals surface area contributed by atoms with Crippen molar-refractivity contribution in [2.75, 3.05) is 6.54 Å². The lowest BCUT2D eigenvalue weighted by Crippen LogP contribution is -2.44. The molecule has 0 fully saturated rings. The molecular weight excluding hydrogens is 467 g/mol. The SMILES string of the molecule is Cc1cc(C)c(S(=O)(=O)NCC(OS(=O)(=O)c2c(C)cc(C)cc2C)C(F)(F)F)c(C)c1. The fourth-order valence-electron chi connectivity index (χ4n) is 3.81. The molecule has 0 heterocycles. The minimum atomic E-state index is -5.14. The first kappa shape index (κ1) is 26.3. The Bertz CT molecular complexity index is 1190. The monoisotopic (exact) mass is 493 g/mol. The molecule has 1 N–H and O–H groups in total. The predicted molar refractivity (Wildman–Crippen MR) is 115 cm³/mol. The summed E-state index contributed by atoms with van der Waals surface area (Å²) in [5.41, 5.74) is 2.72. The van der Waals surface area contributed by atoms with Gasteiger partial charge in [0, 0.05) is 6.54 Å². The summed E-state index contributed by atoms with van der Waals surface area (Å²) in [6.45, 7) is 8.13. The highest BCUT2D eigenvalue weighted by Gasteiger charge is 2.45. The zero-order valence-corrected chi connectivity index (χ0v) is 20.2. The summed E-state index contributed by atoms with van der Waals surface area (Å²) in [6, 6.07) is 6.20. The summed E-state index contributed by atoms with van der Waals surface area (Å²) in [5.74, 6) is 0. The number of hydrogen-bond acceptors (Lipinski definition) is 5. The van der Waals surface area contributed by atoms with Crippen LogP contribution in [0.2, 0.25) is 0 Å². The maximum Gasteiger partial charge on any atom is 0.417 e. The number of alkyl halides is 3. The van der Waals surface area contributed by atoms with Crippen LogP contribution in [0.15, 0.2) is 34.1 Å². The van der Waals surface area contributed by atoms with Gasteiger partial charge in [-0.25, -0.2) is 13.1 Å². The van der Waals surface area contributed by atoms with E-state index in [1.807, 2.05) is 4.72 Å². The number of rotatable bonds is 7. The van der Waals surface area contributed by atoms with Crippen molar-refractivity contribution in [3.8, 4) is 0 Å². The van der Waals surface area contributed by atoms with Crippen LogP contribution in [-0.2, 0) is 24.3 Å². The van der Waals surface area contributed by atoms with Gasteiger partial charge in [-0.15, -0.1) is 0 Å². The Kier molecular flexibility index (Phi) is 7.50. The van der Waals surface area contributed by atoms with Gasteiger partial charge in [-0.3, -0.25) is 4.18 Å². The minimum Gasteiger partial charge on any atom is -0.252 e. The van der Waals surface area contributed by atoms with Gasteiger partial charge in [-0.2, -0.15) is 21.6 Å². The molecule has 178 valence electrons. The Balaban J connectivity index is 2.37. The van der Waals surface area contributed by atoms with E-state index in [4.69, 9.17) is 0 Å². The van der Waals surface area contributed by atoms with Crippen molar-refractivity contribution >= 4 is 20.1 Å². The Morgan fingerprint density at radius 1 is 0.781 bits per heavy atom. The van der Waals surface area contributed by atoms with E-state index in [0.29, 0.717) is 11.1 Å². The molecule has 0 amide bonds. The molecule has 0 aliphatic carbocycles. The van der Waals surface area contributed by atoms with E-state index in [-0.39, 0.29) is 20.9 Å². The van der Waals surface area contributed by atoms with Gasteiger partial charge < -0.3 is 0 Å². The van der Waals surface area contributed by atoms with Crippen molar-refractivity contribution in [1.82, 2.24) is 4.72 Å². The van der Waals surface area contributed by atoms with Crippen LogP contribution in [0.4, 0.5) is 13.2 Å². The predicted octanol–water partition coefficient (Wildman–Crippen LogP) is 4.15. The lowest BCUT2D eigenvalue weighted by atomic mass is 10.1. The molecule has 0 aliphatic heterocycles. The average molecular weight is 494 g/mol. The summed E-state index contributed by atoms with van der Waals surface area (Å²) in [6.07, 6.45) is -8.05. The van der Waals surface area contributed by atoms with Crippen LogP contribution in [-0.4, -0.2) is 35.7 Å². The summed E-state index contributed by atoms with van der Waals surface area (Å²) in [7, 11) is -9.19. The Labute approximate surface area is 187 Å². The van der Waals surface area contributed by atoms with Crippen molar-refractivity contribution in [2.24, 2.45) is 0 Å². The molecule has 2 rings (SSSR count). The topological polar surface area (TPSA) is 89.5 Å². The maximum absolute atomic E-state index is 13.6. The number of halogens is 3. The smallest absolute Gasteiger partial charge is 0.252 e. The van der Waals surface area contributed by atoms with E-state index in [0.717, 1.165) is 11.1 Å². The molecule has 6 nitrogen and oxygen atoms in total. The largest absolute Gasteiger partial charge is 0.417 e. The molecule has 0 saturated heterocycles. The number of aryl methyl sites for hydroxylation is 6. The van der Waals surface area contributed by atoms with Crippen molar-refractivity contribution in [3.63, 3.8) is 0 Å². The first-order chi connectivity index (χ1) is 14.5. The minimum absolute atomic E-state index is 0.155. The van der Waals surface area contributed by atoms with Gasteiger partial charge in [-0.05, 0) is 63.8 Å². The molecule has 0 spiro atoms. The fourth-order valence-corrected chi connectivity index (χ4v) is 6.78. The first-order valence-corrected chi connectivity index (χ1v) is 12.5. The summed E-state index contributed by atoms with van der Waals surface area (Å²) >= 11 is 0. The Morgan fingerprint density at radius 2 is 1.16 bits per heavy atom. The van der Waals surface area contributed by atoms with Crippen LogP contribution in [0.3, 0.4) is 0 Å². The Hall–Kier alpha value is -1.95. The van der Waals surface area contributed by atoms with Crippen molar-refractivity contribution in [2.45, 2.75) is 63.6 Å². The third kappa shape index (κ3) is 5.89. The molecule has 0 bridgehead atoms. The highest BCUT2D eigenvalue weighted by Crippen LogP contribution is 2.30. The molecule has 32 heavy (non-hydrogen) atoms. The van der Waals surface area contributed by atoms with E-state index < -0.39 is 39.0 Å².